The average molecular weight is 291 g/mol. The van der Waals surface area contributed by atoms with Gasteiger partial charge < -0.3 is 10.4 Å². The average Bonchev–Trinajstić information content (AvgIpc) is 2.45. The van der Waals surface area contributed by atoms with Gasteiger partial charge in [-0.1, -0.05) is 31.2 Å². The predicted octanol–water partition coefficient (Wildman–Crippen LogP) is 1.70. The molecular formula is C13H17N5OS. The molecule has 7 heteroatoms. The Bertz CT molecular complexity index is 628. The second kappa shape index (κ2) is 7.06. The van der Waals surface area contributed by atoms with Crippen LogP contribution in [0.2, 0.25) is 0 Å². The molecule has 20 heavy (non-hydrogen) atoms. The molecule has 0 saturated heterocycles. The zero-order chi connectivity index (χ0) is 14.4. The lowest BCUT2D eigenvalue weighted by Gasteiger charge is -2.04. The monoisotopic (exact) mass is 291 g/mol. The quantitative estimate of drug-likeness (QED) is 0.324. The van der Waals surface area contributed by atoms with E-state index in [0.717, 1.165) is 24.2 Å². The molecular weight excluding hydrogens is 274 g/mol. The first-order valence-corrected chi connectivity index (χ1v) is 7.35. The summed E-state index contributed by atoms with van der Waals surface area (Å²) in [5.41, 5.74) is 4.08. The molecule has 2 heterocycles. The van der Waals surface area contributed by atoms with E-state index < -0.39 is 0 Å². The van der Waals surface area contributed by atoms with Crippen LogP contribution in [-0.4, -0.2) is 15.0 Å². The van der Waals surface area contributed by atoms with Crippen molar-refractivity contribution in [3.05, 3.63) is 46.0 Å². The van der Waals surface area contributed by atoms with Crippen LogP contribution in [0.1, 0.15) is 24.7 Å². The topological polar surface area (TPSA) is 96.7 Å². The smallest absolute Gasteiger partial charge is 0.251 e. The summed E-state index contributed by atoms with van der Waals surface area (Å²) in [7, 11) is 0. The minimum Gasteiger partial charge on any atom is -0.308 e. The van der Waals surface area contributed by atoms with Crippen LogP contribution in [0.3, 0.4) is 0 Å². The number of nitrogens with one attached hydrogen (secondary N) is 2. The van der Waals surface area contributed by atoms with E-state index in [0.29, 0.717) is 16.7 Å². The zero-order valence-corrected chi connectivity index (χ0v) is 12.0. The van der Waals surface area contributed by atoms with Gasteiger partial charge in [-0.2, -0.15) is 0 Å². The van der Waals surface area contributed by atoms with Crippen molar-refractivity contribution in [3.63, 3.8) is 0 Å². The van der Waals surface area contributed by atoms with E-state index in [9.17, 15) is 4.79 Å². The number of nitrogens with zero attached hydrogens (tertiary/aromatic N) is 2. The SMILES string of the molecule is CCCc1cc(=O)[nH]c(SCc2cccc(NN)n2)n1. The Morgan fingerprint density at radius 1 is 1.35 bits per heavy atom. The minimum absolute atomic E-state index is 0.115. The Hall–Kier alpha value is -1.86. The lowest BCUT2D eigenvalue weighted by atomic mass is 10.2. The van der Waals surface area contributed by atoms with E-state index in [1.807, 2.05) is 12.1 Å². The van der Waals surface area contributed by atoms with Crippen molar-refractivity contribution in [1.29, 1.82) is 0 Å². The molecule has 4 N–H and O–H groups in total. The zero-order valence-electron chi connectivity index (χ0n) is 11.2. The van der Waals surface area contributed by atoms with Gasteiger partial charge in [0.05, 0.1) is 5.69 Å². The number of H-pyrrole nitrogens is 1. The first-order chi connectivity index (χ1) is 9.71. The molecule has 0 amide bonds. The number of nitrogens with two attached hydrogens (primary N) is 1. The Morgan fingerprint density at radius 3 is 2.95 bits per heavy atom. The van der Waals surface area contributed by atoms with Gasteiger partial charge in [0.1, 0.15) is 5.82 Å². The van der Waals surface area contributed by atoms with Gasteiger partial charge in [0.2, 0.25) is 0 Å². The molecule has 0 aromatic carbocycles. The summed E-state index contributed by atoms with van der Waals surface area (Å²) in [6.45, 7) is 2.06. The van der Waals surface area contributed by atoms with E-state index in [-0.39, 0.29) is 5.56 Å². The summed E-state index contributed by atoms with van der Waals surface area (Å²) >= 11 is 1.45. The number of anilines is 1. The van der Waals surface area contributed by atoms with Gasteiger partial charge in [0.15, 0.2) is 5.16 Å². The van der Waals surface area contributed by atoms with Crippen LogP contribution in [0.25, 0.3) is 0 Å². The molecule has 0 saturated carbocycles. The largest absolute Gasteiger partial charge is 0.308 e. The maximum Gasteiger partial charge on any atom is 0.251 e. The summed E-state index contributed by atoms with van der Waals surface area (Å²) in [6.07, 6.45) is 1.77. The second-order valence-electron chi connectivity index (χ2n) is 4.24. The fraction of sp³-hybridized carbons (Fsp3) is 0.308. The molecule has 0 aliphatic heterocycles. The minimum atomic E-state index is -0.115. The molecule has 0 bridgehead atoms. The number of pyridine rings is 1. The van der Waals surface area contributed by atoms with Crippen LogP contribution >= 0.6 is 11.8 Å². The molecule has 106 valence electrons. The maximum atomic E-state index is 11.5. The van der Waals surface area contributed by atoms with Crippen LogP contribution in [0.15, 0.2) is 34.2 Å². The molecule has 2 aromatic rings. The molecule has 0 aliphatic rings. The van der Waals surface area contributed by atoms with Crippen molar-refractivity contribution < 1.29 is 0 Å². The van der Waals surface area contributed by atoms with Crippen LogP contribution in [-0.2, 0) is 12.2 Å². The van der Waals surface area contributed by atoms with Crippen LogP contribution in [0.4, 0.5) is 5.82 Å². The number of hydrogen-bond donors (Lipinski definition) is 3. The highest BCUT2D eigenvalue weighted by Crippen LogP contribution is 2.18. The van der Waals surface area contributed by atoms with Gasteiger partial charge in [-0.15, -0.1) is 0 Å². The molecule has 0 spiro atoms. The Balaban J connectivity index is 2.08. The highest BCUT2D eigenvalue weighted by molar-refractivity contribution is 7.98. The van der Waals surface area contributed by atoms with E-state index >= 15 is 0 Å². The lowest BCUT2D eigenvalue weighted by molar-refractivity contribution is 0.815. The van der Waals surface area contributed by atoms with Gasteiger partial charge in [-0.25, -0.2) is 15.8 Å². The van der Waals surface area contributed by atoms with Crippen LogP contribution < -0.4 is 16.8 Å². The molecule has 6 nitrogen and oxygen atoms in total. The number of nitrogen functional groups attached to an aromatic ring is 1. The van der Waals surface area contributed by atoms with Gasteiger partial charge in [0.25, 0.3) is 5.56 Å². The molecule has 0 unspecified atom stereocenters. The predicted molar refractivity (Wildman–Crippen MR) is 80.5 cm³/mol. The number of hydrazine groups is 1. The molecule has 2 aromatic heterocycles. The van der Waals surface area contributed by atoms with Crippen molar-refractivity contribution in [2.75, 3.05) is 5.43 Å². The summed E-state index contributed by atoms with van der Waals surface area (Å²) in [5.74, 6) is 6.55. The van der Waals surface area contributed by atoms with E-state index in [1.54, 1.807) is 12.1 Å². The Labute approximate surface area is 121 Å². The normalized spacial score (nSPS) is 10.5. The lowest BCUT2D eigenvalue weighted by Crippen LogP contribution is -2.10. The highest BCUT2D eigenvalue weighted by Gasteiger charge is 2.04. The van der Waals surface area contributed by atoms with Gasteiger partial charge in [0, 0.05) is 17.5 Å². The third-order valence-electron chi connectivity index (χ3n) is 2.59. The fourth-order valence-corrected chi connectivity index (χ4v) is 2.52. The van der Waals surface area contributed by atoms with Crippen LogP contribution in [0.5, 0.6) is 0 Å². The third kappa shape index (κ3) is 4.07. The number of rotatable bonds is 6. The van der Waals surface area contributed by atoms with Gasteiger partial charge >= 0.3 is 0 Å². The number of aryl methyl sites for hydroxylation is 1. The van der Waals surface area contributed by atoms with Crippen molar-refractivity contribution in [3.8, 4) is 0 Å². The number of aromatic amines is 1. The summed E-state index contributed by atoms with van der Waals surface area (Å²) in [5, 5.41) is 0.619. The molecule has 0 radical (unpaired) electrons. The molecule has 0 fully saturated rings. The third-order valence-corrected chi connectivity index (χ3v) is 3.50. The van der Waals surface area contributed by atoms with E-state index in [2.05, 4.69) is 27.3 Å². The first kappa shape index (κ1) is 14.5. The van der Waals surface area contributed by atoms with Gasteiger partial charge in [-0.05, 0) is 18.6 Å². The number of thioether (sulfide) groups is 1. The van der Waals surface area contributed by atoms with E-state index in [4.69, 9.17) is 5.84 Å². The van der Waals surface area contributed by atoms with Crippen molar-refractivity contribution in [2.45, 2.75) is 30.7 Å². The van der Waals surface area contributed by atoms with Crippen LogP contribution in [0, 0.1) is 0 Å². The number of aromatic nitrogens is 3. The summed E-state index contributed by atoms with van der Waals surface area (Å²) < 4.78 is 0. The second-order valence-corrected chi connectivity index (χ2v) is 5.20. The van der Waals surface area contributed by atoms with Crippen molar-refractivity contribution in [1.82, 2.24) is 15.0 Å². The summed E-state index contributed by atoms with van der Waals surface area (Å²) in [4.78, 5) is 23.0. The maximum absolute atomic E-state index is 11.5. The van der Waals surface area contributed by atoms with Gasteiger partial charge in [-0.3, -0.25) is 4.79 Å². The van der Waals surface area contributed by atoms with Crippen molar-refractivity contribution in [2.24, 2.45) is 5.84 Å². The van der Waals surface area contributed by atoms with Crippen molar-refractivity contribution >= 4 is 17.6 Å². The summed E-state index contributed by atoms with van der Waals surface area (Å²) in [6, 6.07) is 7.12. The highest BCUT2D eigenvalue weighted by atomic mass is 32.2. The fourth-order valence-electron chi connectivity index (χ4n) is 1.72. The number of hydrogen-bond acceptors (Lipinski definition) is 6. The molecule has 0 aliphatic carbocycles. The Morgan fingerprint density at radius 2 is 2.20 bits per heavy atom. The molecule has 0 atom stereocenters. The Kier molecular flexibility index (Phi) is 5.14. The first-order valence-electron chi connectivity index (χ1n) is 6.37. The molecule has 2 rings (SSSR count). The standard InChI is InChI=1S/C13H17N5OS/c1-2-4-9-7-12(19)17-13(16-9)20-8-10-5-3-6-11(15-10)18-14/h3,5-7H,2,4,8,14H2,1H3,(H,15,18)(H,16,17,19). The van der Waals surface area contributed by atoms with E-state index in [1.165, 1.54) is 11.8 Å².